The number of anilines is 2. The molecule has 4 heterocycles. The number of nitrogens with one attached hydrogen (secondary N) is 1. The molecular formula is C26H22FN7O2. The maximum Gasteiger partial charge on any atom is 0.298 e. The fourth-order valence-electron chi connectivity index (χ4n) is 4.39. The van der Waals surface area contributed by atoms with Crippen molar-refractivity contribution in [2.45, 2.75) is 19.3 Å². The Morgan fingerprint density at radius 3 is 2.78 bits per heavy atom. The van der Waals surface area contributed by atoms with Crippen molar-refractivity contribution in [2.75, 3.05) is 24.1 Å². The predicted molar refractivity (Wildman–Crippen MR) is 132 cm³/mol. The zero-order chi connectivity index (χ0) is 25.2. The van der Waals surface area contributed by atoms with Gasteiger partial charge in [0.2, 0.25) is 5.95 Å². The highest BCUT2D eigenvalue weighted by Crippen LogP contribution is 2.34. The number of carbonyl (C=O) groups excluding carboxylic acids is 2. The molecule has 1 unspecified atom stereocenters. The maximum absolute atomic E-state index is 15.1. The van der Waals surface area contributed by atoms with Gasteiger partial charge in [-0.15, -0.1) is 0 Å². The van der Waals surface area contributed by atoms with Gasteiger partial charge < -0.3 is 16.0 Å². The molecule has 1 aliphatic rings. The lowest BCUT2D eigenvalue weighted by atomic mass is 10.0. The number of nitrogens with zero attached hydrogens (tertiary/aromatic N) is 5. The van der Waals surface area contributed by atoms with Gasteiger partial charge in [-0.05, 0) is 49.6 Å². The van der Waals surface area contributed by atoms with E-state index in [1.165, 1.54) is 18.3 Å². The van der Waals surface area contributed by atoms with Crippen molar-refractivity contribution >= 4 is 29.1 Å². The number of amides is 2. The number of halogens is 1. The molecule has 0 aliphatic carbocycles. The third-order valence-electron chi connectivity index (χ3n) is 6.08. The van der Waals surface area contributed by atoms with Crippen molar-refractivity contribution in [3.63, 3.8) is 0 Å². The highest BCUT2D eigenvalue weighted by molar-refractivity contribution is 6.04. The Bertz CT molecular complexity index is 1540. The summed E-state index contributed by atoms with van der Waals surface area (Å²) in [6, 6.07) is 11.1. The van der Waals surface area contributed by atoms with Crippen molar-refractivity contribution in [1.82, 2.24) is 24.3 Å². The summed E-state index contributed by atoms with van der Waals surface area (Å²) in [5.74, 6) is 4.56. The first-order valence-electron chi connectivity index (χ1n) is 11.3. The summed E-state index contributed by atoms with van der Waals surface area (Å²) in [5.41, 5.74) is 7.98. The molecule has 2 amide bonds. The minimum absolute atomic E-state index is 0.0357. The fourth-order valence-corrected chi connectivity index (χ4v) is 4.39. The second-order valence-electron chi connectivity index (χ2n) is 8.32. The number of pyridine rings is 1. The van der Waals surface area contributed by atoms with Crippen LogP contribution in [0, 0.1) is 17.7 Å². The number of likely N-dealkylation sites (tertiary alicyclic amines) is 1. The van der Waals surface area contributed by atoms with Gasteiger partial charge in [0.05, 0.1) is 16.8 Å². The molecule has 1 saturated heterocycles. The molecule has 5 rings (SSSR count). The van der Waals surface area contributed by atoms with Crippen molar-refractivity contribution in [1.29, 1.82) is 0 Å². The number of nitrogen functional groups attached to an aromatic ring is 1. The summed E-state index contributed by atoms with van der Waals surface area (Å²) < 4.78 is 16.7. The van der Waals surface area contributed by atoms with E-state index in [0.717, 1.165) is 11.2 Å². The molecule has 0 saturated carbocycles. The average molecular weight is 484 g/mol. The third kappa shape index (κ3) is 4.22. The predicted octanol–water partition coefficient (Wildman–Crippen LogP) is 3.10. The second-order valence-corrected chi connectivity index (χ2v) is 8.32. The number of benzene rings is 1. The molecule has 36 heavy (non-hydrogen) atoms. The Hall–Kier alpha value is -4.78. The number of carbonyl (C=O) groups is 2. The van der Waals surface area contributed by atoms with Crippen LogP contribution in [0.1, 0.15) is 35.3 Å². The minimum Gasteiger partial charge on any atom is -0.369 e. The lowest BCUT2D eigenvalue weighted by Gasteiger charge is -2.12. The Balaban J connectivity index is 1.49. The molecule has 3 N–H and O–H groups in total. The molecule has 10 heteroatoms. The lowest BCUT2D eigenvalue weighted by molar-refractivity contribution is -0.124. The standard InChI is InChI=1S/C26H22FN7O2/c1-2-5-22(35)33-13-10-17(15-33)23-20-9-12-30-26(28)34(20)24(32-23)16-7-8-18(19(27)14-16)25(36)31-21-6-3-4-11-29-21/h3-4,6-9,11-12,14,17H,10,13,15H2,1H3,(H2,28,30)(H,29,31,36). The van der Waals surface area contributed by atoms with Gasteiger partial charge in [-0.25, -0.2) is 19.3 Å². The first kappa shape index (κ1) is 23.0. The third-order valence-corrected chi connectivity index (χ3v) is 6.08. The normalized spacial score (nSPS) is 14.9. The molecule has 1 aliphatic heterocycles. The average Bonchev–Trinajstić information content (AvgIpc) is 3.51. The Labute approximate surface area is 206 Å². The summed E-state index contributed by atoms with van der Waals surface area (Å²) in [6.07, 6.45) is 3.84. The van der Waals surface area contributed by atoms with Crippen molar-refractivity contribution < 1.29 is 14.0 Å². The van der Waals surface area contributed by atoms with Crippen LogP contribution >= 0.6 is 0 Å². The van der Waals surface area contributed by atoms with Gasteiger partial charge in [0.1, 0.15) is 17.5 Å². The van der Waals surface area contributed by atoms with E-state index in [1.54, 1.807) is 52.8 Å². The lowest BCUT2D eigenvalue weighted by Crippen LogP contribution is -2.26. The van der Waals surface area contributed by atoms with Crippen LogP contribution < -0.4 is 11.1 Å². The molecule has 0 bridgehead atoms. The number of rotatable bonds is 4. The van der Waals surface area contributed by atoms with E-state index in [-0.39, 0.29) is 23.3 Å². The first-order chi connectivity index (χ1) is 17.5. The number of aromatic nitrogens is 4. The van der Waals surface area contributed by atoms with Crippen LogP contribution in [0.5, 0.6) is 0 Å². The summed E-state index contributed by atoms with van der Waals surface area (Å²) >= 11 is 0. The van der Waals surface area contributed by atoms with Gasteiger partial charge in [0.15, 0.2) is 0 Å². The van der Waals surface area contributed by atoms with Crippen LogP contribution in [0.25, 0.3) is 16.9 Å². The second kappa shape index (κ2) is 9.46. The molecular weight excluding hydrogens is 461 g/mol. The van der Waals surface area contributed by atoms with Crippen LogP contribution in [0.2, 0.25) is 0 Å². The van der Waals surface area contributed by atoms with E-state index in [0.29, 0.717) is 36.7 Å². The number of nitrogens with two attached hydrogens (primary N) is 1. The van der Waals surface area contributed by atoms with Gasteiger partial charge in [0.25, 0.3) is 11.8 Å². The highest BCUT2D eigenvalue weighted by Gasteiger charge is 2.31. The summed E-state index contributed by atoms with van der Waals surface area (Å²) in [4.78, 5) is 39.5. The SMILES string of the molecule is CC#CC(=O)N1CCC(c2nc(-c3ccc(C(=O)Nc4ccccn4)c(F)c3)n3c(N)nccc23)C1. The van der Waals surface area contributed by atoms with Gasteiger partial charge in [0, 0.05) is 37.0 Å². The molecule has 180 valence electrons. The molecule has 0 spiro atoms. The van der Waals surface area contributed by atoms with E-state index >= 15 is 4.39 Å². The number of hydrogen-bond donors (Lipinski definition) is 2. The molecule has 3 aromatic heterocycles. The van der Waals surface area contributed by atoms with Gasteiger partial charge >= 0.3 is 0 Å². The van der Waals surface area contributed by atoms with E-state index < -0.39 is 11.7 Å². The minimum atomic E-state index is -0.711. The van der Waals surface area contributed by atoms with E-state index in [4.69, 9.17) is 10.7 Å². The van der Waals surface area contributed by atoms with Crippen LogP contribution in [-0.2, 0) is 4.79 Å². The Morgan fingerprint density at radius 2 is 2.03 bits per heavy atom. The van der Waals surface area contributed by atoms with Gasteiger partial charge in [-0.3, -0.25) is 14.0 Å². The highest BCUT2D eigenvalue weighted by atomic mass is 19.1. The van der Waals surface area contributed by atoms with Crippen molar-refractivity contribution in [3.8, 4) is 23.2 Å². The van der Waals surface area contributed by atoms with E-state index in [9.17, 15) is 9.59 Å². The smallest absolute Gasteiger partial charge is 0.298 e. The monoisotopic (exact) mass is 483 g/mol. The first-order valence-corrected chi connectivity index (χ1v) is 11.3. The van der Waals surface area contributed by atoms with Gasteiger partial charge in [-0.1, -0.05) is 18.1 Å². The van der Waals surface area contributed by atoms with Crippen molar-refractivity contribution in [2.24, 2.45) is 0 Å². The molecule has 4 aromatic rings. The molecule has 1 fully saturated rings. The van der Waals surface area contributed by atoms with Crippen LogP contribution in [0.4, 0.5) is 16.2 Å². The quantitative estimate of drug-likeness (QED) is 0.431. The van der Waals surface area contributed by atoms with Crippen LogP contribution in [0.3, 0.4) is 0 Å². The Kier molecular flexibility index (Phi) is 6.04. The summed E-state index contributed by atoms with van der Waals surface area (Å²) in [6.45, 7) is 2.67. The van der Waals surface area contributed by atoms with Crippen molar-refractivity contribution in [3.05, 3.63) is 71.9 Å². The number of fused-ring (bicyclic) bond motifs is 1. The Morgan fingerprint density at radius 1 is 1.17 bits per heavy atom. The van der Waals surface area contributed by atoms with Gasteiger partial charge in [-0.2, -0.15) is 0 Å². The molecule has 1 atom stereocenters. The number of imidazole rings is 1. The molecule has 1 aromatic carbocycles. The number of hydrogen-bond acceptors (Lipinski definition) is 6. The maximum atomic E-state index is 15.1. The zero-order valence-electron chi connectivity index (χ0n) is 19.4. The fraction of sp³-hybridized carbons (Fsp3) is 0.192. The molecule has 9 nitrogen and oxygen atoms in total. The topological polar surface area (TPSA) is 119 Å². The molecule has 0 radical (unpaired) electrons. The zero-order valence-corrected chi connectivity index (χ0v) is 19.4. The largest absolute Gasteiger partial charge is 0.369 e. The summed E-state index contributed by atoms with van der Waals surface area (Å²) in [7, 11) is 0. The van der Waals surface area contributed by atoms with E-state index in [2.05, 4.69) is 27.1 Å². The van der Waals surface area contributed by atoms with Crippen LogP contribution in [0.15, 0.2) is 54.9 Å². The van der Waals surface area contributed by atoms with Crippen LogP contribution in [-0.4, -0.2) is 49.2 Å². The summed E-state index contributed by atoms with van der Waals surface area (Å²) in [5, 5.41) is 2.58. The van der Waals surface area contributed by atoms with E-state index in [1.807, 2.05) is 0 Å².